The van der Waals surface area contributed by atoms with Gasteiger partial charge in [0.05, 0.1) is 10.0 Å². The molecule has 4 aliphatic carbocycles. The van der Waals surface area contributed by atoms with Gasteiger partial charge in [0.1, 0.15) is 5.75 Å². The van der Waals surface area contributed by atoms with Crippen molar-refractivity contribution in [3.63, 3.8) is 0 Å². The van der Waals surface area contributed by atoms with Crippen molar-refractivity contribution in [2.45, 2.75) is 43.9 Å². The zero-order chi connectivity index (χ0) is 21.3. The van der Waals surface area contributed by atoms with Crippen molar-refractivity contribution in [1.29, 1.82) is 0 Å². The molecule has 7 rings (SSSR count). The van der Waals surface area contributed by atoms with E-state index in [4.69, 9.17) is 0 Å². The van der Waals surface area contributed by atoms with E-state index in [1.54, 1.807) is 12.1 Å². The van der Waals surface area contributed by atoms with Gasteiger partial charge in [0.25, 0.3) is 0 Å². The Bertz CT molecular complexity index is 1190. The first kappa shape index (κ1) is 19.4. The van der Waals surface area contributed by atoms with Crippen molar-refractivity contribution in [2.75, 3.05) is 0 Å². The molecule has 3 aromatic carbocycles. The Morgan fingerprint density at radius 3 is 2.10 bits per heavy atom. The number of phenolic OH excluding ortho intramolecular Hbond substituents is 1. The number of benzene rings is 3. The molecule has 4 heteroatoms. The summed E-state index contributed by atoms with van der Waals surface area (Å²) in [6.45, 7) is 0. The lowest BCUT2D eigenvalue weighted by Crippen LogP contribution is -2.48. The van der Waals surface area contributed by atoms with Gasteiger partial charge >= 0.3 is 5.97 Å². The molecule has 3 nitrogen and oxygen atoms in total. The topological polar surface area (TPSA) is 57.5 Å². The Morgan fingerprint density at radius 2 is 1.45 bits per heavy atom. The van der Waals surface area contributed by atoms with E-state index in [0.29, 0.717) is 11.3 Å². The van der Waals surface area contributed by atoms with E-state index in [1.807, 2.05) is 18.2 Å². The lowest BCUT2D eigenvalue weighted by atomic mass is 9.48. The Labute approximate surface area is 190 Å². The molecule has 3 aromatic rings. The predicted molar refractivity (Wildman–Crippen MR) is 126 cm³/mol. The molecule has 31 heavy (non-hydrogen) atoms. The van der Waals surface area contributed by atoms with Crippen LogP contribution < -0.4 is 0 Å². The monoisotopic (exact) mass is 476 g/mol. The number of halogens is 1. The number of carbonyl (C=O) groups is 1. The first-order valence-electron chi connectivity index (χ1n) is 11.2. The second-order valence-corrected chi connectivity index (χ2v) is 11.0. The summed E-state index contributed by atoms with van der Waals surface area (Å²) in [4.78, 5) is 11.3. The number of fused-ring (bicyclic) bond motifs is 1. The van der Waals surface area contributed by atoms with Gasteiger partial charge in [-0.15, -0.1) is 0 Å². The molecule has 0 heterocycles. The molecule has 4 saturated carbocycles. The third kappa shape index (κ3) is 3.10. The predicted octanol–water partition coefficient (Wildman–Crippen LogP) is 7.14. The molecule has 0 aliphatic heterocycles. The normalized spacial score (nSPS) is 28.9. The van der Waals surface area contributed by atoms with E-state index in [1.165, 1.54) is 38.5 Å². The summed E-state index contributed by atoms with van der Waals surface area (Å²) in [5, 5.41) is 22.3. The molecule has 0 atom stereocenters. The third-order valence-corrected chi connectivity index (χ3v) is 8.70. The quantitative estimate of drug-likeness (QED) is 0.422. The average molecular weight is 477 g/mol. The highest BCUT2D eigenvalue weighted by Crippen LogP contribution is 2.62. The fourth-order valence-corrected chi connectivity index (χ4v) is 7.63. The summed E-state index contributed by atoms with van der Waals surface area (Å²) in [7, 11) is 0. The van der Waals surface area contributed by atoms with Crippen molar-refractivity contribution >= 4 is 32.7 Å². The van der Waals surface area contributed by atoms with Crippen LogP contribution in [0.5, 0.6) is 5.75 Å². The molecule has 0 unspecified atom stereocenters. The SMILES string of the molecule is O=C(O)c1ccc2cc(-c3cc(Br)c(O)c(C45CC6CC(CC(C6)C4)C5)c3)ccc2c1. The van der Waals surface area contributed by atoms with Gasteiger partial charge in [0.2, 0.25) is 0 Å². The van der Waals surface area contributed by atoms with Crippen LogP contribution in [0.2, 0.25) is 0 Å². The average Bonchev–Trinajstić information content (AvgIpc) is 2.73. The minimum absolute atomic E-state index is 0.116. The maximum absolute atomic E-state index is 11.3. The van der Waals surface area contributed by atoms with Crippen LogP contribution >= 0.6 is 15.9 Å². The maximum atomic E-state index is 11.3. The van der Waals surface area contributed by atoms with Gasteiger partial charge in [-0.1, -0.05) is 18.2 Å². The third-order valence-electron chi connectivity index (χ3n) is 8.09. The summed E-state index contributed by atoms with van der Waals surface area (Å²) in [6, 6.07) is 15.6. The van der Waals surface area contributed by atoms with Gasteiger partial charge in [-0.05, 0) is 130 Å². The minimum Gasteiger partial charge on any atom is -0.506 e. The minimum atomic E-state index is -0.909. The van der Waals surface area contributed by atoms with Crippen molar-refractivity contribution in [1.82, 2.24) is 0 Å². The smallest absolute Gasteiger partial charge is 0.335 e. The molecule has 0 radical (unpaired) electrons. The maximum Gasteiger partial charge on any atom is 0.335 e. The van der Waals surface area contributed by atoms with E-state index in [0.717, 1.165) is 49.7 Å². The number of carboxylic acids is 1. The molecule has 158 valence electrons. The summed E-state index contributed by atoms with van der Waals surface area (Å²) >= 11 is 3.63. The molecule has 0 saturated heterocycles. The van der Waals surface area contributed by atoms with Crippen molar-refractivity contribution in [3.8, 4) is 16.9 Å². The van der Waals surface area contributed by atoms with Crippen LogP contribution in [-0.4, -0.2) is 16.2 Å². The van der Waals surface area contributed by atoms with Crippen molar-refractivity contribution in [3.05, 3.63) is 64.1 Å². The highest BCUT2D eigenvalue weighted by molar-refractivity contribution is 9.10. The summed E-state index contributed by atoms with van der Waals surface area (Å²) < 4.78 is 0.761. The van der Waals surface area contributed by atoms with Gasteiger partial charge in [-0.3, -0.25) is 0 Å². The molecule has 4 aliphatic rings. The van der Waals surface area contributed by atoms with Crippen LogP contribution in [0.3, 0.4) is 0 Å². The van der Waals surface area contributed by atoms with Crippen molar-refractivity contribution in [2.24, 2.45) is 17.8 Å². The van der Waals surface area contributed by atoms with E-state index < -0.39 is 5.97 Å². The Hall–Kier alpha value is -2.33. The highest BCUT2D eigenvalue weighted by Gasteiger charge is 2.52. The Balaban J connectivity index is 1.45. The van der Waals surface area contributed by atoms with Gasteiger partial charge in [0, 0.05) is 5.56 Å². The lowest BCUT2D eigenvalue weighted by molar-refractivity contribution is -0.00615. The molecule has 4 bridgehead atoms. The van der Waals surface area contributed by atoms with E-state index in [2.05, 4.69) is 34.1 Å². The van der Waals surface area contributed by atoms with Crippen LogP contribution in [0.1, 0.15) is 54.4 Å². The van der Waals surface area contributed by atoms with Crippen LogP contribution in [0, 0.1) is 17.8 Å². The first-order chi connectivity index (χ1) is 14.9. The van der Waals surface area contributed by atoms with Gasteiger partial charge in [0.15, 0.2) is 0 Å². The number of rotatable bonds is 3. The van der Waals surface area contributed by atoms with Crippen LogP contribution in [0.25, 0.3) is 21.9 Å². The molecular weight excluding hydrogens is 452 g/mol. The second kappa shape index (κ2) is 6.83. The molecule has 0 spiro atoms. The number of aromatic hydroxyl groups is 1. The van der Waals surface area contributed by atoms with Crippen LogP contribution in [0.15, 0.2) is 53.0 Å². The zero-order valence-corrected chi connectivity index (χ0v) is 18.9. The fourth-order valence-electron chi connectivity index (χ4n) is 7.17. The summed E-state index contributed by atoms with van der Waals surface area (Å²) in [5.74, 6) is 1.96. The molecule has 4 fully saturated rings. The molecule has 0 aromatic heterocycles. The number of aromatic carboxylic acids is 1. The molecule has 2 N–H and O–H groups in total. The van der Waals surface area contributed by atoms with E-state index >= 15 is 0 Å². The summed E-state index contributed by atoms with van der Waals surface area (Å²) in [6.07, 6.45) is 7.76. The Morgan fingerprint density at radius 1 is 0.839 bits per heavy atom. The van der Waals surface area contributed by atoms with Crippen LogP contribution in [0.4, 0.5) is 0 Å². The number of phenols is 1. The molecular formula is C27H25BrO3. The van der Waals surface area contributed by atoms with Gasteiger partial charge in [-0.25, -0.2) is 4.79 Å². The highest BCUT2D eigenvalue weighted by atomic mass is 79.9. The van der Waals surface area contributed by atoms with Crippen LogP contribution in [-0.2, 0) is 5.41 Å². The van der Waals surface area contributed by atoms with Gasteiger partial charge < -0.3 is 10.2 Å². The largest absolute Gasteiger partial charge is 0.506 e. The van der Waals surface area contributed by atoms with E-state index in [-0.39, 0.29) is 5.41 Å². The zero-order valence-electron chi connectivity index (χ0n) is 17.3. The number of carboxylic acid groups (broad SMARTS) is 1. The second-order valence-electron chi connectivity index (χ2n) is 10.1. The number of hydrogen-bond acceptors (Lipinski definition) is 2. The fraction of sp³-hybridized carbons (Fsp3) is 0.370. The standard InChI is InChI=1S/C27H25BrO3/c28-24-11-22(20-2-1-19-9-21(26(30)31)4-3-18(19)8-20)10-23(25(24)29)27-12-15-5-16(13-27)7-17(6-15)14-27/h1-4,8-11,15-17,29H,5-7,12-14H2,(H,30,31). The number of hydrogen-bond donors (Lipinski definition) is 2. The first-order valence-corrected chi connectivity index (χ1v) is 12.0. The lowest BCUT2D eigenvalue weighted by Gasteiger charge is -2.57. The molecule has 0 amide bonds. The summed E-state index contributed by atoms with van der Waals surface area (Å²) in [5.41, 5.74) is 3.72. The Kier molecular flexibility index (Phi) is 4.27. The van der Waals surface area contributed by atoms with Gasteiger partial charge in [-0.2, -0.15) is 0 Å². The van der Waals surface area contributed by atoms with Crippen molar-refractivity contribution < 1.29 is 15.0 Å². The van der Waals surface area contributed by atoms with E-state index in [9.17, 15) is 15.0 Å².